The van der Waals surface area contributed by atoms with Gasteiger partial charge in [-0.05, 0) is 68.0 Å². The third-order valence-electron chi connectivity index (χ3n) is 6.04. The molecule has 1 aromatic heterocycles. The summed E-state index contributed by atoms with van der Waals surface area (Å²) in [5, 5.41) is 4.15. The Morgan fingerprint density at radius 2 is 2.00 bits per heavy atom. The molecule has 1 saturated heterocycles. The highest BCUT2D eigenvalue weighted by molar-refractivity contribution is 7.22. The fraction of sp³-hybridized carbons (Fsp3) is 0.440. The van der Waals surface area contributed by atoms with E-state index in [0.717, 1.165) is 48.6 Å². The maximum absolute atomic E-state index is 12.9. The summed E-state index contributed by atoms with van der Waals surface area (Å²) in [5.41, 5.74) is 4.66. The van der Waals surface area contributed by atoms with Crippen LogP contribution in [-0.2, 0) is 11.2 Å². The Bertz CT molecular complexity index is 1110. The third-order valence-corrected chi connectivity index (χ3v) is 7.11. The van der Waals surface area contributed by atoms with Crippen molar-refractivity contribution in [2.45, 2.75) is 33.1 Å². The lowest BCUT2D eigenvalue weighted by Crippen LogP contribution is -2.43. The van der Waals surface area contributed by atoms with Crippen LogP contribution in [-0.4, -0.2) is 44.7 Å². The van der Waals surface area contributed by atoms with Crippen molar-refractivity contribution in [3.05, 3.63) is 47.0 Å². The molecule has 0 unspecified atom stereocenters. The van der Waals surface area contributed by atoms with E-state index in [9.17, 15) is 4.79 Å². The predicted octanol–water partition coefficient (Wildman–Crippen LogP) is 4.51. The molecule has 0 radical (unpaired) electrons. The fourth-order valence-electron chi connectivity index (χ4n) is 4.37. The Kier molecular flexibility index (Phi) is 6.84. The van der Waals surface area contributed by atoms with Gasteiger partial charge in [-0.1, -0.05) is 23.5 Å². The molecule has 4 rings (SSSR count). The zero-order valence-corrected chi connectivity index (χ0v) is 20.1. The lowest BCUT2D eigenvalue weighted by molar-refractivity contribution is -0.125. The summed E-state index contributed by atoms with van der Waals surface area (Å²) >= 11 is 1.73. The first-order valence-corrected chi connectivity index (χ1v) is 11.9. The molecule has 1 aliphatic heterocycles. The number of rotatable bonds is 7. The summed E-state index contributed by atoms with van der Waals surface area (Å²) < 4.78 is 11.9. The first-order chi connectivity index (χ1) is 15.5. The van der Waals surface area contributed by atoms with Gasteiger partial charge in [-0.3, -0.25) is 4.79 Å². The lowest BCUT2D eigenvalue weighted by atomic mass is 9.97. The van der Waals surface area contributed by atoms with Crippen LogP contribution in [0.4, 0.5) is 5.13 Å². The second kappa shape index (κ2) is 9.77. The number of carbonyl (C=O) groups is 1. The molecule has 0 aliphatic carbocycles. The van der Waals surface area contributed by atoms with E-state index >= 15 is 0 Å². The minimum atomic E-state index is -0.0102. The van der Waals surface area contributed by atoms with Gasteiger partial charge in [-0.15, -0.1) is 0 Å². The minimum absolute atomic E-state index is 0.0102. The topological polar surface area (TPSA) is 63.7 Å². The quantitative estimate of drug-likeness (QED) is 0.570. The Morgan fingerprint density at radius 1 is 1.19 bits per heavy atom. The van der Waals surface area contributed by atoms with Gasteiger partial charge in [0.1, 0.15) is 0 Å². The monoisotopic (exact) mass is 453 g/mol. The zero-order chi connectivity index (χ0) is 22.7. The number of thiazole rings is 1. The Labute approximate surface area is 193 Å². The number of anilines is 1. The van der Waals surface area contributed by atoms with E-state index in [1.807, 2.05) is 18.2 Å². The number of aromatic nitrogens is 1. The van der Waals surface area contributed by atoms with E-state index < -0.39 is 0 Å². The van der Waals surface area contributed by atoms with Crippen LogP contribution in [0.2, 0.25) is 0 Å². The van der Waals surface area contributed by atoms with Gasteiger partial charge < -0.3 is 19.7 Å². The highest BCUT2D eigenvalue weighted by Gasteiger charge is 2.27. The molecule has 1 fully saturated rings. The highest BCUT2D eigenvalue weighted by atomic mass is 32.1. The van der Waals surface area contributed by atoms with Crippen molar-refractivity contribution >= 4 is 32.6 Å². The van der Waals surface area contributed by atoms with Crippen molar-refractivity contribution in [1.29, 1.82) is 0 Å². The molecule has 0 spiro atoms. The number of aryl methyl sites for hydroxylation is 2. The van der Waals surface area contributed by atoms with E-state index in [4.69, 9.17) is 14.5 Å². The third kappa shape index (κ3) is 4.83. The smallest absolute Gasteiger partial charge is 0.224 e. The average Bonchev–Trinajstić information content (AvgIpc) is 3.23. The maximum atomic E-state index is 12.9. The molecule has 7 heteroatoms. The normalized spacial score (nSPS) is 16.2. The van der Waals surface area contributed by atoms with E-state index in [2.05, 4.69) is 36.2 Å². The van der Waals surface area contributed by atoms with Crippen LogP contribution in [0.25, 0.3) is 10.2 Å². The molecular formula is C25H31N3O3S. The summed E-state index contributed by atoms with van der Waals surface area (Å²) in [7, 11) is 3.26. The summed E-state index contributed by atoms with van der Waals surface area (Å²) in [6.07, 6.45) is 2.67. The number of piperidine rings is 1. The summed E-state index contributed by atoms with van der Waals surface area (Å²) in [4.78, 5) is 20.0. The van der Waals surface area contributed by atoms with Crippen LogP contribution < -0.4 is 19.7 Å². The predicted molar refractivity (Wildman–Crippen MR) is 130 cm³/mol. The Balaban J connectivity index is 1.35. The van der Waals surface area contributed by atoms with Gasteiger partial charge in [0, 0.05) is 19.6 Å². The Morgan fingerprint density at radius 3 is 2.78 bits per heavy atom. The van der Waals surface area contributed by atoms with Gasteiger partial charge in [-0.25, -0.2) is 4.98 Å². The first-order valence-electron chi connectivity index (χ1n) is 11.1. The lowest BCUT2D eigenvalue weighted by Gasteiger charge is -2.31. The summed E-state index contributed by atoms with van der Waals surface area (Å²) in [6.45, 7) is 6.51. The SMILES string of the molecule is COc1ccc(CCNC(=O)[C@H]2CCCN(c3nc4c(C)cc(C)cc4s3)C2)cc1OC. The largest absolute Gasteiger partial charge is 0.493 e. The van der Waals surface area contributed by atoms with Gasteiger partial charge in [0.15, 0.2) is 16.6 Å². The van der Waals surface area contributed by atoms with Crippen LogP contribution in [0.1, 0.15) is 29.5 Å². The highest BCUT2D eigenvalue weighted by Crippen LogP contribution is 2.34. The van der Waals surface area contributed by atoms with Gasteiger partial charge in [0.25, 0.3) is 0 Å². The number of nitrogens with one attached hydrogen (secondary N) is 1. The molecule has 3 aromatic rings. The molecular weight excluding hydrogens is 422 g/mol. The summed E-state index contributed by atoms with van der Waals surface area (Å²) in [5.74, 6) is 1.54. The number of carbonyl (C=O) groups excluding carboxylic acids is 1. The molecule has 1 N–H and O–H groups in total. The van der Waals surface area contributed by atoms with Crippen LogP contribution in [0.15, 0.2) is 30.3 Å². The van der Waals surface area contributed by atoms with E-state index in [-0.39, 0.29) is 11.8 Å². The van der Waals surface area contributed by atoms with Crippen LogP contribution in [0.3, 0.4) is 0 Å². The molecule has 0 saturated carbocycles. The first kappa shape index (κ1) is 22.4. The maximum Gasteiger partial charge on any atom is 0.224 e. The molecule has 6 nitrogen and oxygen atoms in total. The number of benzene rings is 2. The van der Waals surface area contributed by atoms with Crippen molar-refractivity contribution in [1.82, 2.24) is 10.3 Å². The van der Waals surface area contributed by atoms with Crippen LogP contribution in [0.5, 0.6) is 11.5 Å². The molecule has 1 atom stereocenters. The number of nitrogens with zero attached hydrogens (tertiary/aromatic N) is 2. The van der Waals surface area contributed by atoms with Crippen molar-refractivity contribution in [2.24, 2.45) is 5.92 Å². The molecule has 2 aromatic carbocycles. The summed E-state index contributed by atoms with van der Waals surface area (Å²) in [6, 6.07) is 10.2. The van der Waals surface area contributed by atoms with Gasteiger partial charge in [-0.2, -0.15) is 0 Å². The van der Waals surface area contributed by atoms with Crippen LogP contribution >= 0.6 is 11.3 Å². The zero-order valence-electron chi connectivity index (χ0n) is 19.2. The second-order valence-electron chi connectivity index (χ2n) is 8.44. The standard InChI is InChI=1S/C25H31N3O3S/c1-16-12-17(2)23-22(13-16)32-25(27-23)28-11-5-6-19(15-28)24(29)26-10-9-18-7-8-20(30-3)21(14-18)31-4/h7-8,12-14,19H,5-6,9-11,15H2,1-4H3,(H,26,29)/t19-/m0/s1. The molecule has 2 heterocycles. The van der Waals surface area contributed by atoms with Gasteiger partial charge in [0.2, 0.25) is 5.91 Å². The fourth-order valence-corrected chi connectivity index (χ4v) is 5.55. The van der Waals surface area contributed by atoms with E-state index in [1.165, 1.54) is 15.8 Å². The molecule has 170 valence electrons. The number of amides is 1. The average molecular weight is 454 g/mol. The number of hydrogen-bond acceptors (Lipinski definition) is 6. The Hall–Kier alpha value is -2.80. The number of methoxy groups -OCH3 is 2. The molecule has 1 amide bonds. The number of fused-ring (bicyclic) bond motifs is 1. The van der Waals surface area contributed by atoms with Crippen molar-refractivity contribution < 1.29 is 14.3 Å². The van der Waals surface area contributed by atoms with Gasteiger partial charge >= 0.3 is 0 Å². The number of ether oxygens (including phenoxy) is 2. The molecule has 0 bridgehead atoms. The van der Waals surface area contributed by atoms with E-state index in [0.29, 0.717) is 18.0 Å². The van der Waals surface area contributed by atoms with Crippen molar-refractivity contribution in [3.63, 3.8) is 0 Å². The molecule has 32 heavy (non-hydrogen) atoms. The van der Waals surface area contributed by atoms with Crippen molar-refractivity contribution in [3.8, 4) is 11.5 Å². The van der Waals surface area contributed by atoms with E-state index in [1.54, 1.807) is 25.6 Å². The molecule has 1 aliphatic rings. The van der Waals surface area contributed by atoms with Crippen molar-refractivity contribution in [2.75, 3.05) is 38.8 Å². The van der Waals surface area contributed by atoms with Crippen LogP contribution in [0, 0.1) is 19.8 Å². The second-order valence-corrected chi connectivity index (χ2v) is 9.45. The number of hydrogen-bond donors (Lipinski definition) is 1. The minimum Gasteiger partial charge on any atom is -0.493 e. The van der Waals surface area contributed by atoms with Gasteiger partial charge in [0.05, 0.1) is 30.4 Å².